The molecule has 1 aromatic carbocycles. The number of furan rings is 2. The van der Waals surface area contributed by atoms with E-state index in [-0.39, 0.29) is 17.7 Å². The molecule has 2 aromatic heterocycles. The fourth-order valence-electron chi connectivity index (χ4n) is 4.28. The van der Waals surface area contributed by atoms with Gasteiger partial charge in [0.2, 0.25) is 0 Å². The first kappa shape index (κ1) is 21.9. The highest BCUT2D eigenvalue weighted by Gasteiger charge is 2.37. The van der Waals surface area contributed by atoms with Crippen LogP contribution in [0.2, 0.25) is 0 Å². The van der Waals surface area contributed by atoms with Crippen LogP contribution in [0.1, 0.15) is 71.3 Å². The number of amides is 2. The lowest BCUT2D eigenvalue weighted by atomic mass is 9.95. The number of anilines is 1. The zero-order chi connectivity index (χ0) is 22.7. The predicted octanol–water partition coefficient (Wildman–Crippen LogP) is 5.63. The van der Waals surface area contributed by atoms with Gasteiger partial charge in [0.15, 0.2) is 11.8 Å². The molecule has 168 valence electrons. The summed E-state index contributed by atoms with van der Waals surface area (Å²) in [6, 6.07) is 11.7. The van der Waals surface area contributed by atoms with Crippen molar-refractivity contribution in [3.8, 4) is 0 Å². The van der Waals surface area contributed by atoms with Crippen molar-refractivity contribution in [1.29, 1.82) is 0 Å². The van der Waals surface area contributed by atoms with Gasteiger partial charge in [-0.1, -0.05) is 25.3 Å². The van der Waals surface area contributed by atoms with E-state index >= 15 is 0 Å². The number of rotatable bonds is 6. The normalized spacial score (nSPS) is 15.3. The largest absolute Gasteiger partial charge is 0.464 e. The highest BCUT2D eigenvalue weighted by molar-refractivity contribution is 6.08. The third kappa shape index (κ3) is 4.64. The van der Waals surface area contributed by atoms with E-state index in [1.807, 2.05) is 45.0 Å². The molecule has 0 spiro atoms. The van der Waals surface area contributed by atoms with Gasteiger partial charge >= 0.3 is 0 Å². The average molecular weight is 435 g/mol. The van der Waals surface area contributed by atoms with Crippen LogP contribution < -0.4 is 10.2 Å². The first-order valence-electron chi connectivity index (χ1n) is 11.2. The molecule has 2 amide bonds. The van der Waals surface area contributed by atoms with E-state index < -0.39 is 11.9 Å². The van der Waals surface area contributed by atoms with E-state index in [2.05, 4.69) is 5.32 Å². The molecule has 0 aliphatic heterocycles. The lowest BCUT2D eigenvalue weighted by molar-refractivity contribution is -0.123. The van der Waals surface area contributed by atoms with Crippen molar-refractivity contribution in [2.45, 2.75) is 65.0 Å². The molecule has 6 heteroatoms. The Kier molecular flexibility index (Phi) is 6.49. The number of nitrogens with one attached hydrogen (secondary N) is 1. The van der Waals surface area contributed by atoms with Crippen LogP contribution in [0, 0.1) is 20.8 Å². The molecule has 1 saturated carbocycles. The van der Waals surface area contributed by atoms with Gasteiger partial charge in [0.25, 0.3) is 11.8 Å². The third-order valence-electron chi connectivity index (χ3n) is 6.21. The van der Waals surface area contributed by atoms with E-state index in [1.54, 1.807) is 18.2 Å². The summed E-state index contributed by atoms with van der Waals surface area (Å²) in [6.45, 7) is 5.83. The first-order chi connectivity index (χ1) is 15.4. The monoisotopic (exact) mass is 434 g/mol. The maximum atomic E-state index is 13.7. The Labute approximate surface area is 188 Å². The van der Waals surface area contributed by atoms with Crippen LogP contribution in [0.25, 0.3) is 0 Å². The number of hydrogen-bond donors (Lipinski definition) is 1. The first-order valence-corrected chi connectivity index (χ1v) is 11.2. The van der Waals surface area contributed by atoms with Crippen molar-refractivity contribution < 1.29 is 18.4 Å². The Morgan fingerprint density at radius 1 is 1.00 bits per heavy atom. The van der Waals surface area contributed by atoms with Gasteiger partial charge in [0.1, 0.15) is 11.5 Å². The fourth-order valence-corrected chi connectivity index (χ4v) is 4.28. The molecule has 1 aliphatic rings. The lowest BCUT2D eigenvalue weighted by Gasteiger charge is -2.32. The molecule has 1 atom stereocenters. The Morgan fingerprint density at radius 3 is 2.41 bits per heavy atom. The standard InChI is InChI=1S/C26H30N2O4/c1-17-11-13-21(16-18(17)2)28(26(30)23-10-7-15-31-23)24(22-14-12-19(3)32-22)25(29)27-20-8-5-4-6-9-20/h7,10-16,20,24H,4-6,8-9H2,1-3H3,(H,27,29)/t24-/m1/s1. The average Bonchev–Trinajstić information content (AvgIpc) is 3.46. The predicted molar refractivity (Wildman–Crippen MR) is 123 cm³/mol. The van der Waals surface area contributed by atoms with E-state index in [4.69, 9.17) is 8.83 Å². The summed E-state index contributed by atoms with van der Waals surface area (Å²) in [5, 5.41) is 3.18. The van der Waals surface area contributed by atoms with Crippen LogP contribution in [0.15, 0.2) is 57.6 Å². The Bertz CT molecular complexity index is 1080. The molecule has 4 rings (SSSR count). The van der Waals surface area contributed by atoms with Crippen LogP contribution >= 0.6 is 0 Å². The molecule has 0 radical (unpaired) electrons. The van der Waals surface area contributed by atoms with Crippen LogP contribution in [-0.2, 0) is 4.79 Å². The second-order valence-electron chi connectivity index (χ2n) is 8.62. The zero-order valence-corrected chi connectivity index (χ0v) is 18.9. The summed E-state index contributed by atoms with van der Waals surface area (Å²) in [4.78, 5) is 28.8. The van der Waals surface area contributed by atoms with Gasteiger partial charge in [0, 0.05) is 11.7 Å². The van der Waals surface area contributed by atoms with Crippen LogP contribution in [0.3, 0.4) is 0 Å². The molecule has 1 aliphatic carbocycles. The number of aryl methyl sites for hydroxylation is 3. The summed E-state index contributed by atoms with van der Waals surface area (Å²) in [6.07, 6.45) is 6.75. The molecule has 1 N–H and O–H groups in total. The van der Waals surface area contributed by atoms with Gasteiger partial charge in [-0.25, -0.2) is 0 Å². The van der Waals surface area contributed by atoms with Crippen LogP contribution in [-0.4, -0.2) is 17.9 Å². The van der Waals surface area contributed by atoms with Crippen molar-refractivity contribution in [2.24, 2.45) is 0 Å². The molecule has 0 unspecified atom stereocenters. The second kappa shape index (κ2) is 9.47. The molecular weight excluding hydrogens is 404 g/mol. The minimum atomic E-state index is -0.953. The number of nitrogens with zero attached hydrogens (tertiary/aromatic N) is 1. The molecule has 1 fully saturated rings. The fraction of sp³-hybridized carbons (Fsp3) is 0.385. The lowest BCUT2D eigenvalue weighted by Crippen LogP contribution is -2.47. The van der Waals surface area contributed by atoms with Gasteiger partial charge in [0.05, 0.1) is 6.26 Å². The smallest absolute Gasteiger partial charge is 0.295 e. The second-order valence-corrected chi connectivity index (χ2v) is 8.62. The van der Waals surface area contributed by atoms with E-state index in [0.717, 1.165) is 36.8 Å². The topological polar surface area (TPSA) is 75.7 Å². The van der Waals surface area contributed by atoms with Gasteiger partial charge in [-0.3, -0.25) is 14.5 Å². The van der Waals surface area contributed by atoms with Crippen molar-refractivity contribution in [2.75, 3.05) is 4.90 Å². The summed E-state index contributed by atoms with van der Waals surface area (Å²) < 4.78 is 11.3. The third-order valence-corrected chi connectivity index (χ3v) is 6.21. The summed E-state index contributed by atoms with van der Waals surface area (Å²) in [5.41, 5.74) is 2.75. The van der Waals surface area contributed by atoms with Crippen molar-refractivity contribution in [3.05, 3.63) is 77.1 Å². The molecule has 2 heterocycles. The van der Waals surface area contributed by atoms with Crippen LogP contribution in [0.4, 0.5) is 5.69 Å². The minimum absolute atomic E-state index is 0.107. The maximum absolute atomic E-state index is 13.7. The SMILES string of the molecule is Cc1ccc([C@H](C(=O)NC2CCCCC2)N(C(=O)c2ccco2)c2ccc(C)c(C)c2)o1. The van der Waals surface area contributed by atoms with Crippen molar-refractivity contribution in [3.63, 3.8) is 0 Å². The molecule has 3 aromatic rings. The number of hydrogen-bond acceptors (Lipinski definition) is 4. The molecular formula is C26H30N2O4. The number of benzene rings is 1. The van der Waals surface area contributed by atoms with Crippen molar-refractivity contribution in [1.82, 2.24) is 5.32 Å². The summed E-state index contributed by atoms with van der Waals surface area (Å²) in [5.74, 6) is 0.636. The molecule has 0 saturated heterocycles. The van der Waals surface area contributed by atoms with Gasteiger partial charge in [-0.05, 0) is 81.1 Å². The van der Waals surface area contributed by atoms with Crippen LogP contribution in [0.5, 0.6) is 0 Å². The Hall–Kier alpha value is -3.28. The Morgan fingerprint density at radius 2 is 1.78 bits per heavy atom. The molecule has 0 bridgehead atoms. The van der Waals surface area contributed by atoms with Gasteiger partial charge in [-0.2, -0.15) is 0 Å². The van der Waals surface area contributed by atoms with Gasteiger partial charge in [-0.15, -0.1) is 0 Å². The Balaban J connectivity index is 1.78. The van der Waals surface area contributed by atoms with E-state index in [0.29, 0.717) is 17.2 Å². The summed E-state index contributed by atoms with van der Waals surface area (Å²) in [7, 11) is 0. The van der Waals surface area contributed by atoms with E-state index in [1.165, 1.54) is 17.6 Å². The van der Waals surface area contributed by atoms with E-state index in [9.17, 15) is 9.59 Å². The summed E-state index contributed by atoms with van der Waals surface area (Å²) >= 11 is 0. The number of carbonyl (C=O) groups excluding carboxylic acids is 2. The maximum Gasteiger partial charge on any atom is 0.295 e. The molecule has 6 nitrogen and oxygen atoms in total. The zero-order valence-electron chi connectivity index (χ0n) is 18.9. The number of carbonyl (C=O) groups is 2. The highest BCUT2D eigenvalue weighted by Crippen LogP contribution is 2.32. The quantitative estimate of drug-likeness (QED) is 0.545. The van der Waals surface area contributed by atoms with Crippen molar-refractivity contribution >= 4 is 17.5 Å². The highest BCUT2D eigenvalue weighted by atomic mass is 16.3. The minimum Gasteiger partial charge on any atom is -0.464 e. The molecule has 32 heavy (non-hydrogen) atoms. The van der Waals surface area contributed by atoms with Gasteiger partial charge < -0.3 is 14.2 Å².